The van der Waals surface area contributed by atoms with Crippen molar-refractivity contribution >= 4 is 18.0 Å². The third-order valence-electron chi connectivity index (χ3n) is 8.64. The first-order chi connectivity index (χ1) is 22.1. The summed E-state index contributed by atoms with van der Waals surface area (Å²) in [7, 11) is 3.09. The Kier molecular flexibility index (Phi) is 10.3. The number of aryl methyl sites for hydroxylation is 3. The second kappa shape index (κ2) is 14.4. The maximum atomic E-state index is 13.0. The molecule has 2 heterocycles. The monoisotopic (exact) mass is 630 g/mol. The number of hydrogen-bond acceptors (Lipinski definition) is 10. The van der Waals surface area contributed by atoms with Gasteiger partial charge < -0.3 is 34.1 Å². The second-order valence-electron chi connectivity index (χ2n) is 11.7. The van der Waals surface area contributed by atoms with Gasteiger partial charge in [-0.2, -0.15) is 0 Å². The second-order valence-corrected chi connectivity index (χ2v) is 11.7. The number of nitrogens with zero attached hydrogens (tertiary/aromatic N) is 1. The van der Waals surface area contributed by atoms with E-state index in [1.807, 2.05) is 63.2 Å². The molecule has 46 heavy (non-hydrogen) atoms. The standard InChI is InChI=1S/C36H42N2O8/c1-21-16-22(2)36(43-6)34(41)31(21)33-27-18-26-32(29(45-20-42-5)17-23(3)35(26)46-24(4)39)28(38(27)15-14-37-33)19-44-30(40)13-12-25-10-8-7-9-11-25/h7-13,16-17,27-28,33,37,41H,14-15,18-20H2,1-6H3/b13-12+/t27?,28-,33-/m0/s1. The van der Waals surface area contributed by atoms with Gasteiger partial charge >= 0.3 is 11.9 Å². The van der Waals surface area contributed by atoms with Crippen molar-refractivity contribution in [2.75, 3.05) is 40.7 Å². The van der Waals surface area contributed by atoms with Crippen LogP contribution in [0.3, 0.4) is 0 Å². The van der Waals surface area contributed by atoms with Crippen LogP contribution >= 0.6 is 0 Å². The van der Waals surface area contributed by atoms with Gasteiger partial charge in [-0.1, -0.05) is 36.4 Å². The molecular weight excluding hydrogens is 588 g/mol. The summed E-state index contributed by atoms with van der Waals surface area (Å²) in [4.78, 5) is 27.6. The number of esters is 2. The summed E-state index contributed by atoms with van der Waals surface area (Å²) in [6.07, 6.45) is 3.60. The number of nitrogens with one attached hydrogen (secondary N) is 1. The number of carbonyl (C=O) groups is 2. The van der Waals surface area contributed by atoms with Gasteiger partial charge in [-0.25, -0.2) is 4.79 Å². The number of benzene rings is 3. The summed E-state index contributed by atoms with van der Waals surface area (Å²) in [6.45, 7) is 8.39. The minimum Gasteiger partial charge on any atom is -0.504 e. The molecule has 0 aromatic heterocycles. The summed E-state index contributed by atoms with van der Waals surface area (Å²) in [5, 5.41) is 15.1. The Morgan fingerprint density at radius 3 is 2.46 bits per heavy atom. The van der Waals surface area contributed by atoms with Crippen LogP contribution in [0.5, 0.6) is 23.0 Å². The first-order valence-corrected chi connectivity index (χ1v) is 15.4. The fraction of sp³-hybridized carbons (Fsp3) is 0.389. The van der Waals surface area contributed by atoms with Crippen LogP contribution in [0.1, 0.15) is 58.0 Å². The average Bonchev–Trinajstić information content (AvgIpc) is 3.03. The van der Waals surface area contributed by atoms with Gasteiger partial charge in [0.1, 0.15) is 18.1 Å². The molecule has 1 fully saturated rings. The third kappa shape index (κ3) is 6.74. The van der Waals surface area contributed by atoms with Crippen LogP contribution in [0.15, 0.2) is 48.5 Å². The van der Waals surface area contributed by atoms with E-state index in [1.54, 1.807) is 20.3 Å². The SMILES string of the molecule is COCOc1cc(C)c(OC(C)=O)c2c1[C@H](COC(=O)/C=C/c1ccccc1)N1CCN[C@H](c3c(C)cc(C)c(OC)c3O)C1C2. The fourth-order valence-electron chi connectivity index (χ4n) is 6.81. The highest BCUT2D eigenvalue weighted by Gasteiger charge is 2.46. The van der Waals surface area contributed by atoms with Crippen LogP contribution in [0.25, 0.3) is 6.08 Å². The molecule has 3 aromatic carbocycles. The first kappa shape index (κ1) is 33.0. The number of phenolic OH excluding ortho intramolecular Hbond substituents is 1. The molecular formula is C36H42N2O8. The molecule has 10 nitrogen and oxygen atoms in total. The minimum atomic E-state index is -0.484. The lowest BCUT2D eigenvalue weighted by atomic mass is 9.79. The van der Waals surface area contributed by atoms with E-state index >= 15 is 0 Å². The van der Waals surface area contributed by atoms with E-state index in [-0.39, 0.29) is 31.2 Å². The molecule has 0 saturated carbocycles. The lowest BCUT2D eigenvalue weighted by Crippen LogP contribution is -2.58. The molecule has 0 aliphatic carbocycles. The average molecular weight is 631 g/mol. The van der Waals surface area contributed by atoms with Gasteiger partial charge in [0.15, 0.2) is 18.3 Å². The predicted octanol–water partition coefficient (Wildman–Crippen LogP) is 5.10. The summed E-state index contributed by atoms with van der Waals surface area (Å²) in [6, 6.07) is 12.4. The molecule has 0 bridgehead atoms. The normalized spacial score (nSPS) is 19.3. The molecule has 1 unspecified atom stereocenters. The number of piperazine rings is 1. The number of methoxy groups -OCH3 is 2. The number of carbonyl (C=O) groups excluding carboxylic acids is 2. The summed E-state index contributed by atoms with van der Waals surface area (Å²) in [5.41, 5.74) is 5.66. The van der Waals surface area contributed by atoms with Gasteiger partial charge in [0, 0.05) is 55.9 Å². The van der Waals surface area contributed by atoms with Crippen molar-refractivity contribution in [2.45, 2.75) is 52.2 Å². The minimum absolute atomic E-state index is 0.00888. The van der Waals surface area contributed by atoms with Crippen molar-refractivity contribution in [3.05, 3.63) is 87.5 Å². The lowest BCUT2D eigenvalue weighted by Gasteiger charge is -2.50. The number of hydrogen-bond donors (Lipinski definition) is 2. The maximum Gasteiger partial charge on any atom is 0.330 e. The molecule has 0 radical (unpaired) electrons. The van der Waals surface area contributed by atoms with Gasteiger partial charge in [0.25, 0.3) is 0 Å². The zero-order chi connectivity index (χ0) is 33.0. The van der Waals surface area contributed by atoms with Crippen LogP contribution in [0.2, 0.25) is 0 Å². The molecule has 3 atom stereocenters. The Labute approximate surface area is 269 Å². The molecule has 1 saturated heterocycles. The van der Waals surface area contributed by atoms with E-state index in [0.29, 0.717) is 36.8 Å². The van der Waals surface area contributed by atoms with Crippen molar-refractivity contribution in [1.82, 2.24) is 10.2 Å². The number of ether oxygens (including phenoxy) is 5. The van der Waals surface area contributed by atoms with Crippen molar-refractivity contribution < 1.29 is 38.4 Å². The molecule has 0 spiro atoms. The van der Waals surface area contributed by atoms with E-state index in [4.69, 9.17) is 23.7 Å². The largest absolute Gasteiger partial charge is 0.504 e. The Morgan fingerprint density at radius 2 is 1.76 bits per heavy atom. The molecule has 3 aromatic rings. The summed E-state index contributed by atoms with van der Waals surface area (Å²) < 4.78 is 28.7. The van der Waals surface area contributed by atoms with Crippen molar-refractivity contribution in [3.8, 4) is 23.0 Å². The first-order valence-electron chi connectivity index (χ1n) is 15.4. The molecule has 244 valence electrons. The Morgan fingerprint density at radius 1 is 1.02 bits per heavy atom. The molecule has 2 aliphatic rings. The van der Waals surface area contributed by atoms with Crippen molar-refractivity contribution in [1.29, 1.82) is 0 Å². The topological polar surface area (TPSA) is 116 Å². The Hall–Kier alpha value is -4.38. The van der Waals surface area contributed by atoms with Gasteiger partial charge in [0.05, 0.1) is 19.2 Å². The number of fused-ring (bicyclic) bond motifs is 2. The maximum absolute atomic E-state index is 13.0. The smallest absolute Gasteiger partial charge is 0.330 e. The number of aromatic hydroxyl groups is 1. The lowest BCUT2D eigenvalue weighted by molar-refractivity contribution is -0.140. The van der Waals surface area contributed by atoms with Gasteiger partial charge in [-0.3, -0.25) is 9.69 Å². The van der Waals surface area contributed by atoms with E-state index in [2.05, 4.69) is 10.2 Å². The molecule has 5 rings (SSSR count). The highest BCUT2D eigenvalue weighted by molar-refractivity contribution is 5.87. The zero-order valence-corrected chi connectivity index (χ0v) is 27.2. The van der Waals surface area contributed by atoms with Crippen LogP contribution < -0.4 is 19.5 Å². The highest BCUT2D eigenvalue weighted by Crippen LogP contribution is 2.50. The predicted molar refractivity (Wildman–Crippen MR) is 173 cm³/mol. The summed E-state index contributed by atoms with van der Waals surface area (Å²) in [5.74, 6) is 0.616. The van der Waals surface area contributed by atoms with Crippen LogP contribution in [-0.2, 0) is 25.5 Å². The summed E-state index contributed by atoms with van der Waals surface area (Å²) >= 11 is 0. The van der Waals surface area contributed by atoms with Gasteiger partial charge in [0.2, 0.25) is 0 Å². The van der Waals surface area contributed by atoms with Crippen molar-refractivity contribution in [2.24, 2.45) is 0 Å². The zero-order valence-electron chi connectivity index (χ0n) is 27.2. The number of rotatable bonds is 10. The Bertz CT molecular complexity index is 1620. The van der Waals surface area contributed by atoms with E-state index < -0.39 is 18.0 Å². The van der Waals surface area contributed by atoms with Crippen LogP contribution in [0, 0.1) is 20.8 Å². The van der Waals surface area contributed by atoms with Gasteiger partial charge in [-0.15, -0.1) is 0 Å². The van der Waals surface area contributed by atoms with E-state index in [1.165, 1.54) is 13.0 Å². The molecule has 2 aliphatic heterocycles. The van der Waals surface area contributed by atoms with Crippen LogP contribution in [0.4, 0.5) is 0 Å². The van der Waals surface area contributed by atoms with E-state index in [9.17, 15) is 14.7 Å². The van der Waals surface area contributed by atoms with Crippen molar-refractivity contribution in [3.63, 3.8) is 0 Å². The third-order valence-corrected chi connectivity index (χ3v) is 8.64. The molecule has 2 N–H and O–H groups in total. The fourth-order valence-corrected chi connectivity index (χ4v) is 6.81. The number of phenols is 1. The molecule has 10 heteroatoms. The van der Waals surface area contributed by atoms with Crippen LogP contribution in [-0.4, -0.2) is 68.7 Å². The Balaban J connectivity index is 1.61. The molecule has 0 amide bonds. The highest BCUT2D eigenvalue weighted by atomic mass is 16.7. The quantitative estimate of drug-likeness (QED) is 0.136. The van der Waals surface area contributed by atoms with Gasteiger partial charge in [-0.05, 0) is 61.6 Å². The van der Waals surface area contributed by atoms with E-state index in [0.717, 1.165) is 38.9 Å².